The Morgan fingerprint density at radius 1 is 1.33 bits per heavy atom. The molecule has 0 N–H and O–H groups in total. The number of fused-ring (bicyclic) bond motifs is 1. The van der Waals surface area contributed by atoms with Crippen molar-refractivity contribution in [3.05, 3.63) is 12.2 Å². The Kier molecular flexibility index (Phi) is 3.78. The summed E-state index contributed by atoms with van der Waals surface area (Å²) < 4.78 is 10.3. The third kappa shape index (κ3) is 2.81. The number of ether oxygens (including phenoxy) is 2. The first-order valence-electron chi connectivity index (χ1n) is 5.73. The quantitative estimate of drug-likeness (QED) is 0.395. The van der Waals surface area contributed by atoms with Crippen LogP contribution in [0.2, 0.25) is 0 Å². The number of allylic oxidation sites excluding steroid dienone is 2. The zero-order valence-corrected chi connectivity index (χ0v) is 8.93. The maximum atomic E-state index is 9.92. The van der Waals surface area contributed by atoms with Crippen LogP contribution in [0.4, 0.5) is 0 Å². The molecule has 0 saturated heterocycles. The average Bonchev–Trinajstić information content (AvgIpc) is 2.71. The van der Waals surface area contributed by atoms with Crippen molar-refractivity contribution in [2.75, 3.05) is 13.2 Å². The summed E-state index contributed by atoms with van der Waals surface area (Å²) in [6, 6.07) is 0. The van der Waals surface area contributed by atoms with Crippen LogP contribution >= 0.6 is 0 Å². The topological polar surface area (TPSA) is 35.5 Å². The van der Waals surface area contributed by atoms with Crippen LogP contribution in [0.1, 0.15) is 25.7 Å². The van der Waals surface area contributed by atoms with Crippen LogP contribution in [0.25, 0.3) is 0 Å². The Morgan fingerprint density at radius 3 is 3.13 bits per heavy atom. The van der Waals surface area contributed by atoms with Gasteiger partial charge in [0.05, 0.1) is 12.7 Å². The molecule has 3 nitrogen and oxygen atoms in total. The molecule has 15 heavy (non-hydrogen) atoms. The predicted molar refractivity (Wildman–Crippen MR) is 56.3 cm³/mol. The second-order valence-electron chi connectivity index (χ2n) is 4.36. The van der Waals surface area contributed by atoms with Crippen LogP contribution in [-0.2, 0) is 14.3 Å². The fraction of sp³-hybridized carbons (Fsp3) is 0.750. The van der Waals surface area contributed by atoms with E-state index in [0.717, 1.165) is 24.7 Å². The van der Waals surface area contributed by atoms with Crippen LogP contribution in [0.5, 0.6) is 0 Å². The van der Waals surface area contributed by atoms with Gasteiger partial charge in [0.25, 0.3) is 6.47 Å². The van der Waals surface area contributed by atoms with Crippen LogP contribution in [0.15, 0.2) is 12.2 Å². The van der Waals surface area contributed by atoms with Gasteiger partial charge >= 0.3 is 0 Å². The summed E-state index contributed by atoms with van der Waals surface area (Å²) in [5.74, 6) is 1.60. The van der Waals surface area contributed by atoms with E-state index in [-0.39, 0.29) is 0 Å². The normalized spacial score (nSPS) is 33.7. The van der Waals surface area contributed by atoms with Gasteiger partial charge in [-0.2, -0.15) is 0 Å². The van der Waals surface area contributed by atoms with Crippen LogP contribution in [0.3, 0.4) is 0 Å². The minimum absolute atomic E-state index is 0.365. The zero-order chi connectivity index (χ0) is 10.5. The Balaban J connectivity index is 1.66. The van der Waals surface area contributed by atoms with Crippen LogP contribution in [0, 0.1) is 11.8 Å². The van der Waals surface area contributed by atoms with Gasteiger partial charge in [0.1, 0.15) is 6.61 Å². The summed E-state index contributed by atoms with van der Waals surface area (Å²) in [4.78, 5) is 9.92. The van der Waals surface area contributed by atoms with E-state index in [1.165, 1.54) is 12.8 Å². The average molecular weight is 210 g/mol. The molecule has 3 unspecified atom stereocenters. The van der Waals surface area contributed by atoms with E-state index in [2.05, 4.69) is 16.9 Å². The molecule has 0 aromatic rings. The molecule has 84 valence electrons. The monoisotopic (exact) mass is 210 g/mol. The van der Waals surface area contributed by atoms with E-state index >= 15 is 0 Å². The Labute approximate surface area is 90.4 Å². The molecule has 1 saturated carbocycles. The number of hydrogen-bond donors (Lipinski definition) is 0. The minimum Gasteiger partial charge on any atom is -0.465 e. The highest BCUT2D eigenvalue weighted by molar-refractivity contribution is 5.36. The van der Waals surface area contributed by atoms with Gasteiger partial charge in [0, 0.05) is 0 Å². The third-order valence-corrected chi connectivity index (χ3v) is 3.44. The van der Waals surface area contributed by atoms with E-state index in [4.69, 9.17) is 4.74 Å². The fourth-order valence-corrected chi connectivity index (χ4v) is 2.65. The maximum absolute atomic E-state index is 9.92. The first-order chi connectivity index (χ1) is 7.40. The molecule has 1 fully saturated rings. The van der Waals surface area contributed by atoms with Gasteiger partial charge in [-0.3, -0.25) is 4.79 Å². The molecule has 0 radical (unpaired) electrons. The minimum atomic E-state index is 0.365. The lowest BCUT2D eigenvalue weighted by Crippen LogP contribution is -2.27. The Morgan fingerprint density at radius 2 is 2.27 bits per heavy atom. The van der Waals surface area contributed by atoms with Crippen molar-refractivity contribution in [1.29, 1.82) is 0 Å². The molecule has 0 heterocycles. The van der Waals surface area contributed by atoms with Crippen molar-refractivity contribution in [1.82, 2.24) is 0 Å². The molecular formula is C12H18O3. The van der Waals surface area contributed by atoms with Gasteiger partial charge in [0.2, 0.25) is 0 Å². The van der Waals surface area contributed by atoms with Gasteiger partial charge in [-0.05, 0) is 37.5 Å². The molecule has 0 aromatic carbocycles. The first-order valence-corrected chi connectivity index (χ1v) is 5.73. The van der Waals surface area contributed by atoms with Crippen molar-refractivity contribution < 1.29 is 14.3 Å². The van der Waals surface area contributed by atoms with Crippen molar-refractivity contribution in [3.63, 3.8) is 0 Å². The van der Waals surface area contributed by atoms with E-state index in [0.29, 0.717) is 25.8 Å². The highest BCUT2D eigenvalue weighted by atomic mass is 16.5. The van der Waals surface area contributed by atoms with Gasteiger partial charge in [-0.1, -0.05) is 12.2 Å². The predicted octanol–water partition coefficient (Wildman–Crippen LogP) is 1.92. The lowest BCUT2D eigenvalue weighted by molar-refractivity contribution is -0.131. The maximum Gasteiger partial charge on any atom is 0.293 e. The van der Waals surface area contributed by atoms with E-state index < -0.39 is 0 Å². The molecule has 2 aliphatic rings. The third-order valence-electron chi connectivity index (χ3n) is 3.44. The highest BCUT2D eigenvalue weighted by Gasteiger charge is 2.31. The largest absolute Gasteiger partial charge is 0.465 e. The van der Waals surface area contributed by atoms with E-state index in [1.54, 1.807) is 0 Å². The summed E-state index contributed by atoms with van der Waals surface area (Å²) in [5, 5.41) is 0. The van der Waals surface area contributed by atoms with Crippen LogP contribution < -0.4 is 0 Å². The summed E-state index contributed by atoms with van der Waals surface area (Å²) in [7, 11) is 0. The van der Waals surface area contributed by atoms with Gasteiger partial charge in [-0.15, -0.1) is 0 Å². The van der Waals surface area contributed by atoms with Crippen LogP contribution in [-0.4, -0.2) is 25.8 Å². The summed E-state index contributed by atoms with van der Waals surface area (Å²) in [5.41, 5.74) is 0. The van der Waals surface area contributed by atoms with Crippen molar-refractivity contribution in [2.45, 2.75) is 31.8 Å². The molecule has 0 aromatic heterocycles. The van der Waals surface area contributed by atoms with Gasteiger partial charge in [0.15, 0.2) is 0 Å². The van der Waals surface area contributed by atoms with Crippen molar-refractivity contribution >= 4 is 6.47 Å². The summed E-state index contributed by atoms with van der Waals surface area (Å²) >= 11 is 0. The number of rotatable bonds is 5. The van der Waals surface area contributed by atoms with Gasteiger partial charge in [-0.25, -0.2) is 0 Å². The molecule has 0 aliphatic heterocycles. The summed E-state index contributed by atoms with van der Waals surface area (Å²) in [6.45, 7) is 1.38. The number of carbonyl (C=O) groups is 1. The molecule has 3 atom stereocenters. The zero-order valence-electron chi connectivity index (χ0n) is 8.93. The second kappa shape index (κ2) is 5.31. The molecule has 0 bridgehead atoms. The second-order valence-corrected chi connectivity index (χ2v) is 4.36. The lowest BCUT2D eigenvalue weighted by atomic mass is 9.80. The van der Waals surface area contributed by atoms with E-state index in [1.807, 2.05) is 0 Å². The SMILES string of the molecule is O=COCCOC1CCC2CC=CC2C1. The number of carbonyl (C=O) groups excluding carboxylic acids is 1. The molecule has 3 heteroatoms. The molecule has 0 spiro atoms. The smallest absolute Gasteiger partial charge is 0.293 e. The van der Waals surface area contributed by atoms with Gasteiger partial charge < -0.3 is 9.47 Å². The number of hydrogen-bond acceptors (Lipinski definition) is 3. The molecule has 0 amide bonds. The lowest BCUT2D eigenvalue weighted by Gasteiger charge is -2.31. The molecular weight excluding hydrogens is 192 g/mol. The molecule has 2 aliphatic carbocycles. The Hall–Kier alpha value is -0.830. The Bertz CT molecular complexity index is 237. The highest BCUT2D eigenvalue weighted by Crippen LogP contribution is 2.38. The van der Waals surface area contributed by atoms with Crippen molar-refractivity contribution in [2.24, 2.45) is 11.8 Å². The molecule has 2 rings (SSSR count). The first kappa shape index (κ1) is 10.7. The van der Waals surface area contributed by atoms with Crippen molar-refractivity contribution in [3.8, 4) is 0 Å². The standard InChI is InChI=1S/C12H18O3/c13-9-14-6-7-15-12-5-4-10-2-1-3-11(10)8-12/h1,3,9-12H,2,4-8H2. The van der Waals surface area contributed by atoms with E-state index in [9.17, 15) is 4.79 Å². The summed E-state index contributed by atoms with van der Waals surface area (Å²) in [6.07, 6.45) is 9.83. The fourth-order valence-electron chi connectivity index (χ4n) is 2.65.